The Morgan fingerprint density at radius 1 is 1.30 bits per heavy atom. The summed E-state index contributed by atoms with van der Waals surface area (Å²) in [5, 5.41) is 5.53. The number of ether oxygens (including phenoxy) is 2. The van der Waals surface area contributed by atoms with Crippen LogP contribution in [0.3, 0.4) is 0 Å². The van der Waals surface area contributed by atoms with Crippen LogP contribution in [0.25, 0.3) is 0 Å². The van der Waals surface area contributed by atoms with E-state index < -0.39 is 17.5 Å². The first-order valence-electron chi connectivity index (χ1n) is 9.07. The molecule has 2 atom stereocenters. The molecule has 0 aromatic heterocycles. The van der Waals surface area contributed by atoms with E-state index in [-0.39, 0.29) is 18.4 Å². The quantitative estimate of drug-likeness (QED) is 0.769. The summed E-state index contributed by atoms with van der Waals surface area (Å²) in [5.74, 6) is 0.293. The molecule has 1 saturated carbocycles. The van der Waals surface area contributed by atoms with Crippen molar-refractivity contribution in [3.05, 3.63) is 18.2 Å². The maximum absolute atomic E-state index is 12.9. The third-order valence-electron chi connectivity index (χ3n) is 5.49. The van der Waals surface area contributed by atoms with E-state index in [1.54, 1.807) is 18.2 Å². The van der Waals surface area contributed by atoms with Crippen molar-refractivity contribution in [2.75, 3.05) is 26.1 Å². The SMILES string of the molecule is COc1ccc(NC(=O)CN2C(=O)N[C@]3(CCCC[C@H]3C)C2=O)c(OC)c1. The fraction of sp³-hybridized carbons (Fsp3) is 0.526. The summed E-state index contributed by atoms with van der Waals surface area (Å²) in [5.41, 5.74) is -0.427. The second-order valence-electron chi connectivity index (χ2n) is 7.05. The van der Waals surface area contributed by atoms with Crippen LogP contribution in [0, 0.1) is 5.92 Å². The normalized spacial score (nSPS) is 24.7. The number of amides is 4. The minimum atomic E-state index is -0.868. The van der Waals surface area contributed by atoms with E-state index in [9.17, 15) is 14.4 Å². The molecular formula is C19H25N3O5. The molecule has 3 rings (SSSR count). The van der Waals surface area contributed by atoms with Crippen LogP contribution in [0.15, 0.2) is 18.2 Å². The molecule has 4 amide bonds. The van der Waals surface area contributed by atoms with Gasteiger partial charge in [-0.3, -0.25) is 14.5 Å². The molecule has 2 N–H and O–H groups in total. The zero-order chi connectivity index (χ0) is 19.6. The van der Waals surface area contributed by atoms with E-state index in [4.69, 9.17) is 9.47 Å². The number of rotatable bonds is 5. The molecule has 2 aliphatic rings. The van der Waals surface area contributed by atoms with Gasteiger partial charge in [0.1, 0.15) is 23.6 Å². The van der Waals surface area contributed by atoms with Gasteiger partial charge in [0, 0.05) is 6.07 Å². The fourth-order valence-electron chi connectivity index (χ4n) is 3.87. The minimum absolute atomic E-state index is 0.0532. The second kappa shape index (κ2) is 7.46. The molecule has 1 heterocycles. The molecule has 27 heavy (non-hydrogen) atoms. The van der Waals surface area contributed by atoms with Crippen molar-refractivity contribution in [2.45, 2.75) is 38.1 Å². The summed E-state index contributed by atoms with van der Waals surface area (Å²) >= 11 is 0. The van der Waals surface area contributed by atoms with Crippen LogP contribution < -0.4 is 20.1 Å². The Morgan fingerprint density at radius 2 is 2.07 bits per heavy atom. The van der Waals surface area contributed by atoms with Crippen LogP contribution in [0.2, 0.25) is 0 Å². The number of anilines is 1. The Labute approximate surface area is 158 Å². The van der Waals surface area contributed by atoms with E-state index in [0.29, 0.717) is 23.6 Å². The summed E-state index contributed by atoms with van der Waals surface area (Å²) in [6.45, 7) is 1.64. The Morgan fingerprint density at radius 3 is 2.74 bits per heavy atom. The number of carbonyl (C=O) groups is 3. The van der Waals surface area contributed by atoms with Gasteiger partial charge >= 0.3 is 6.03 Å². The van der Waals surface area contributed by atoms with Crippen LogP contribution >= 0.6 is 0 Å². The molecule has 1 saturated heterocycles. The molecule has 0 radical (unpaired) electrons. The summed E-state index contributed by atoms with van der Waals surface area (Å²) in [6, 6.07) is 4.46. The number of carbonyl (C=O) groups excluding carboxylic acids is 3. The highest BCUT2D eigenvalue weighted by Gasteiger charge is 2.55. The number of nitrogens with one attached hydrogen (secondary N) is 2. The van der Waals surface area contributed by atoms with Crippen LogP contribution in [0.1, 0.15) is 32.6 Å². The van der Waals surface area contributed by atoms with Gasteiger partial charge in [0.05, 0.1) is 19.9 Å². The number of benzene rings is 1. The lowest BCUT2D eigenvalue weighted by Gasteiger charge is -2.36. The topological polar surface area (TPSA) is 97.0 Å². The summed E-state index contributed by atoms with van der Waals surface area (Å²) in [6.07, 6.45) is 3.43. The van der Waals surface area contributed by atoms with Crippen molar-refractivity contribution in [1.29, 1.82) is 0 Å². The predicted molar refractivity (Wildman–Crippen MR) is 98.8 cm³/mol. The zero-order valence-electron chi connectivity index (χ0n) is 15.8. The average molecular weight is 375 g/mol. The van der Waals surface area contributed by atoms with Crippen molar-refractivity contribution in [1.82, 2.24) is 10.2 Å². The van der Waals surface area contributed by atoms with Crippen molar-refractivity contribution >= 4 is 23.5 Å². The zero-order valence-corrected chi connectivity index (χ0v) is 15.8. The van der Waals surface area contributed by atoms with Gasteiger partial charge in [0.25, 0.3) is 5.91 Å². The maximum Gasteiger partial charge on any atom is 0.325 e. The standard InChI is InChI=1S/C19H25N3O5/c1-12-6-4-5-9-19(12)17(24)22(18(25)21-19)11-16(23)20-14-8-7-13(26-2)10-15(14)27-3/h7-8,10,12H,4-6,9,11H2,1-3H3,(H,20,23)(H,21,25)/t12-,19+/m1/s1. The number of hydrogen-bond donors (Lipinski definition) is 2. The first-order valence-corrected chi connectivity index (χ1v) is 9.07. The number of hydrogen-bond acceptors (Lipinski definition) is 5. The number of methoxy groups -OCH3 is 2. The summed E-state index contributed by atoms with van der Waals surface area (Å²) in [7, 11) is 3.02. The number of urea groups is 1. The first kappa shape index (κ1) is 19.0. The number of nitrogens with zero attached hydrogens (tertiary/aromatic N) is 1. The highest BCUT2D eigenvalue weighted by atomic mass is 16.5. The fourth-order valence-corrected chi connectivity index (χ4v) is 3.87. The molecule has 0 bridgehead atoms. The van der Waals surface area contributed by atoms with Crippen LogP contribution in [-0.2, 0) is 9.59 Å². The molecule has 1 aliphatic heterocycles. The van der Waals surface area contributed by atoms with Crippen molar-refractivity contribution in [2.24, 2.45) is 5.92 Å². The van der Waals surface area contributed by atoms with Crippen LogP contribution in [0.5, 0.6) is 11.5 Å². The van der Waals surface area contributed by atoms with E-state index in [1.807, 2.05) is 6.92 Å². The molecule has 2 fully saturated rings. The third-order valence-corrected chi connectivity index (χ3v) is 5.49. The van der Waals surface area contributed by atoms with Gasteiger partial charge in [0.2, 0.25) is 5.91 Å². The van der Waals surface area contributed by atoms with Crippen LogP contribution in [-0.4, -0.2) is 49.0 Å². The highest BCUT2D eigenvalue weighted by molar-refractivity contribution is 6.10. The van der Waals surface area contributed by atoms with Gasteiger partial charge < -0.3 is 20.1 Å². The monoisotopic (exact) mass is 375 g/mol. The molecular weight excluding hydrogens is 350 g/mol. The molecule has 8 heteroatoms. The molecule has 1 aromatic rings. The van der Waals surface area contributed by atoms with Gasteiger partial charge in [-0.15, -0.1) is 0 Å². The van der Waals surface area contributed by atoms with Gasteiger partial charge in [-0.25, -0.2) is 4.79 Å². The van der Waals surface area contributed by atoms with Crippen molar-refractivity contribution in [3.8, 4) is 11.5 Å². The smallest absolute Gasteiger partial charge is 0.325 e. The van der Waals surface area contributed by atoms with Crippen molar-refractivity contribution < 1.29 is 23.9 Å². The van der Waals surface area contributed by atoms with E-state index in [0.717, 1.165) is 24.2 Å². The molecule has 1 spiro atoms. The Bertz CT molecular complexity index is 766. The Kier molecular flexibility index (Phi) is 5.25. The molecule has 1 aliphatic carbocycles. The lowest BCUT2D eigenvalue weighted by atomic mass is 9.73. The van der Waals surface area contributed by atoms with Gasteiger partial charge in [-0.1, -0.05) is 19.8 Å². The largest absolute Gasteiger partial charge is 0.497 e. The summed E-state index contributed by atoms with van der Waals surface area (Å²) in [4.78, 5) is 38.8. The second-order valence-corrected chi connectivity index (χ2v) is 7.05. The Balaban J connectivity index is 1.71. The molecule has 8 nitrogen and oxygen atoms in total. The van der Waals surface area contributed by atoms with Gasteiger partial charge in [-0.2, -0.15) is 0 Å². The first-order chi connectivity index (χ1) is 12.9. The third kappa shape index (κ3) is 3.43. The molecule has 1 aromatic carbocycles. The Hall–Kier alpha value is -2.77. The number of imide groups is 1. The van der Waals surface area contributed by atoms with E-state index >= 15 is 0 Å². The lowest BCUT2D eigenvalue weighted by Crippen LogP contribution is -2.54. The summed E-state index contributed by atoms with van der Waals surface area (Å²) < 4.78 is 10.4. The van der Waals surface area contributed by atoms with Gasteiger partial charge in [0.15, 0.2) is 0 Å². The highest BCUT2D eigenvalue weighted by Crippen LogP contribution is 2.38. The molecule has 146 valence electrons. The van der Waals surface area contributed by atoms with E-state index in [1.165, 1.54) is 14.2 Å². The average Bonchev–Trinajstić information content (AvgIpc) is 2.89. The van der Waals surface area contributed by atoms with Gasteiger partial charge in [-0.05, 0) is 30.9 Å². The van der Waals surface area contributed by atoms with Crippen LogP contribution in [0.4, 0.5) is 10.5 Å². The van der Waals surface area contributed by atoms with E-state index in [2.05, 4.69) is 10.6 Å². The van der Waals surface area contributed by atoms with Crippen molar-refractivity contribution in [3.63, 3.8) is 0 Å². The lowest BCUT2D eigenvalue weighted by molar-refractivity contribution is -0.136. The molecule has 0 unspecified atom stereocenters. The predicted octanol–water partition coefficient (Wildman–Crippen LogP) is 2.14. The maximum atomic E-state index is 12.9. The minimum Gasteiger partial charge on any atom is -0.497 e.